The number of alkyl halides is 3. The zero-order chi connectivity index (χ0) is 14.2. The van der Waals surface area contributed by atoms with Crippen molar-refractivity contribution in [1.29, 1.82) is 0 Å². The molecule has 0 bridgehead atoms. The summed E-state index contributed by atoms with van der Waals surface area (Å²) in [5, 5.41) is 9.60. The molecule has 0 aromatic carbocycles. The number of pyridine rings is 1. The van der Waals surface area contributed by atoms with E-state index < -0.39 is 29.8 Å². The second-order valence-electron chi connectivity index (χ2n) is 5.09. The maximum atomic E-state index is 13.0. The Morgan fingerprint density at radius 2 is 2.05 bits per heavy atom. The molecular weight excluding hydrogens is 259 g/mol. The first-order valence-corrected chi connectivity index (χ1v) is 6.23. The van der Waals surface area contributed by atoms with Gasteiger partial charge in [0.25, 0.3) is 5.56 Å². The highest BCUT2D eigenvalue weighted by Gasteiger charge is 2.48. The molecule has 1 aliphatic carbocycles. The van der Waals surface area contributed by atoms with Gasteiger partial charge in [0, 0.05) is 11.8 Å². The van der Waals surface area contributed by atoms with Crippen LogP contribution in [0.3, 0.4) is 0 Å². The molecule has 1 aromatic heterocycles. The fourth-order valence-electron chi connectivity index (χ4n) is 2.70. The molecule has 1 heterocycles. The Bertz CT molecular complexity index is 509. The molecule has 1 aromatic rings. The number of aliphatic hydroxyl groups is 1. The standard InChI is InChI=1S/C13H16F3NO2/c1-8-3-2-6-17(12(8)19)11-7-9(18)4-5-10(11)13(14,15)16/h2-3,6,9-11,18H,4-5,7H2,1H3. The largest absolute Gasteiger partial charge is 0.393 e. The third-order valence-electron chi connectivity index (χ3n) is 3.73. The first-order chi connectivity index (χ1) is 8.80. The van der Waals surface area contributed by atoms with Crippen LogP contribution in [0.2, 0.25) is 0 Å². The summed E-state index contributed by atoms with van der Waals surface area (Å²) < 4.78 is 40.2. The molecule has 3 unspecified atom stereocenters. The summed E-state index contributed by atoms with van der Waals surface area (Å²) in [7, 11) is 0. The smallest absolute Gasteiger partial charge is 0.393 e. The van der Waals surface area contributed by atoms with Gasteiger partial charge in [0.05, 0.1) is 18.1 Å². The van der Waals surface area contributed by atoms with E-state index in [1.807, 2.05) is 0 Å². The fraction of sp³-hybridized carbons (Fsp3) is 0.615. The van der Waals surface area contributed by atoms with Gasteiger partial charge in [0.15, 0.2) is 0 Å². The minimum Gasteiger partial charge on any atom is -0.393 e. The van der Waals surface area contributed by atoms with E-state index in [-0.39, 0.29) is 19.3 Å². The lowest BCUT2D eigenvalue weighted by atomic mass is 9.82. The van der Waals surface area contributed by atoms with Crippen LogP contribution < -0.4 is 5.56 Å². The number of aryl methyl sites for hydroxylation is 1. The zero-order valence-electron chi connectivity index (χ0n) is 10.5. The Hall–Kier alpha value is -1.30. The van der Waals surface area contributed by atoms with E-state index >= 15 is 0 Å². The van der Waals surface area contributed by atoms with Gasteiger partial charge in [-0.15, -0.1) is 0 Å². The molecule has 3 nitrogen and oxygen atoms in total. The molecule has 0 spiro atoms. The van der Waals surface area contributed by atoms with Crippen molar-refractivity contribution in [2.75, 3.05) is 0 Å². The van der Waals surface area contributed by atoms with E-state index in [4.69, 9.17) is 0 Å². The fourth-order valence-corrected chi connectivity index (χ4v) is 2.70. The van der Waals surface area contributed by atoms with Gasteiger partial charge in [0.2, 0.25) is 0 Å². The lowest BCUT2D eigenvalue weighted by Gasteiger charge is -2.36. The van der Waals surface area contributed by atoms with Crippen molar-refractivity contribution in [3.05, 3.63) is 34.2 Å². The Morgan fingerprint density at radius 1 is 1.37 bits per heavy atom. The average Bonchev–Trinajstić information content (AvgIpc) is 2.31. The van der Waals surface area contributed by atoms with Crippen molar-refractivity contribution >= 4 is 0 Å². The molecule has 1 N–H and O–H groups in total. The van der Waals surface area contributed by atoms with Crippen molar-refractivity contribution in [3.8, 4) is 0 Å². The minimum absolute atomic E-state index is 0.0342. The van der Waals surface area contributed by atoms with Crippen molar-refractivity contribution in [2.45, 2.75) is 44.5 Å². The molecule has 106 valence electrons. The summed E-state index contributed by atoms with van der Waals surface area (Å²) in [4.78, 5) is 12.0. The third kappa shape index (κ3) is 2.83. The van der Waals surface area contributed by atoms with Crippen LogP contribution in [0.15, 0.2) is 23.1 Å². The number of aliphatic hydroxyl groups excluding tert-OH is 1. The van der Waals surface area contributed by atoms with Crippen LogP contribution in [-0.2, 0) is 0 Å². The monoisotopic (exact) mass is 275 g/mol. The van der Waals surface area contributed by atoms with Gasteiger partial charge in [-0.2, -0.15) is 13.2 Å². The molecule has 3 atom stereocenters. The normalized spacial score (nSPS) is 28.4. The first kappa shape index (κ1) is 14.1. The average molecular weight is 275 g/mol. The molecular formula is C13H16F3NO2. The molecule has 1 fully saturated rings. The number of hydrogen-bond donors (Lipinski definition) is 1. The summed E-state index contributed by atoms with van der Waals surface area (Å²) in [5.41, 5.74) is -0.0145. The number of hydrogen-bond acceptors (Lipinski definition) is 2. The molecule has 0 amide bonds. The number of aromatic nitrogens is 1. The van der Waals surface area contributed by atoms with Gasteiger partial charge >= 0.3 is 6.18 Å². The van der Waals surface area contributed by atoms with Gasteiger partial charge in [-0.1, -0.05) is 6.07 Å². The van der Waals surface area contributed by atoms with Gasteiger partial charge < -0.3 is 9.67 Å². The topological polar surface area (TPSA) is 42.2 Å². The van der Waals surface area contributed by atoms with E-state index in [1.165, 1.54) is 6.20 Å². The van der Waals surface area contributed by atoms with Gasteiger partial charge in [0.1, 0.15) is 0 Å². The van der Waals surface area contributed by atoms with E-state index in [0.717, 1.165) is 4.57 Å². The van der Waals surface area contributed by atoms with Gasteiger partial charge in [-0.05, 0) is 32.3 Å². The lowest BCUT2D eigenvalue weighted by Crippen LogP contribution is -2.42. The molecule has 0 radical (unpaired) electrons. The summed E-state index contributed by atoms with van der Waals surface area (Å²) in [6.45, 7) is 1.57. The quantitative estimate of drug-likeness (QED) is 0.855. The van der Waals surface area contributed by atoms with Gasteiger partial charge in [-0.3, -0.25) is 4.79 Å². The van der Waals surface area contributed by atoms with E-state index in [2.05, 4.69) is 0 Å². The maximum absolute atomic E-state index is 13.0. The molecule has 19 heavy (non-hydrogen) atoms. The highest BCUT2D eigenvalue weighted by Crippen LogP contribution is 2.43. The van der Waals surface area contributed by atoms with Crippen LogP contribution in [0.4, 0.5) is 13.2 Å². The molecule has 6 heteroatoms. The van der Waals surface area contributed by atoms with Crippen molar-refractivity contribution in [2.24, 2.45) is 5.92 Å². The number of rotatable bonds is 1. The highest BCUT2D eigenvalue weighted by atomic mass is 19.4. The number of nitrogens with zero attached hydrogens (tertiary/aromatic N) is 1. The minimum atomic E-state index is -4.35. The summed E-state index contributed by atoms with van der Waals surface area (Å²) >= 11 is 0. The second-order valence-corrected chi connectivity index (χ2v) is 5.09. The Kier molecular flexibility index (Phi) is 3.71. The molecule has 2 rings (SSSR count). The predicted octanol–water partition coefficient (Wildman–Crippen LogP) is 2.42. The van der Waals surface area contributed by atoms with Crippen LogP contribution in [-0.4, -0.2) is 22.0 Å². The first-order valence-electron chi connectivity index (χ1n) is 6.23. The van der Waals surface area contributed by atoms with Crippen molar-refractivity contribution < 1.29 is 18.3 Å². The van der Waals surface area contributed by atoms with Crippen LogP contribution in [0.5, 0.6) is 0 Å². The highest BCUT2D eigenvalue weighted by molar-refractivity contribution is 5.09. The van der Waals surface area contributed by atoms with Crippen LogP contribution >= 0.6 is 0 Å². The van der Waals surface area contributed by atoms with E-state index in [1.54, 1.807) is 19.1 Å². The molecule has 1 saturated carbocycles. The molecule has 1 aliphatic rings. The van der Waals surface area contributed by atoms with Crippen LogP contribution in [0.25, 0.3) is 0 Å². The second kappa shape index (κ2) is 5.00. The molecule has 0 aliphatic heterocycles. The van der Waals surface area contributed by atoms with Crippen molar-refractivity contribution in [1.82, 2.24) is 4.57 Å². The van der Waals surface area contributed by atoms with E-state index in [9.17, 15) is 23.1 Å². The Morgan fingerprint density at radius 3 is 2.68 bits per heavy atom. The molecule has 0 saturated heterocycles. The third-order valence-corrected chi connectivity index (χ3v) is 3.73. The summed E-state index contributed by atoms with van der Waals surface area (Å²) in [6.07, 6.45) is -3.81. The van der Waals surface area contributed by atoms with Crippen LogP contribution in [0, 0.1) is 12.8 Å². The zero-order valence-corrected chi connectivity index (χ0v) is 10.5. The van der Waals surface area contributed by atoms with Crippen LogP contribution in [0.1, 0.15) is 30.9 Å². The summed E-state index contributed by atoms with van der Waals surface area (Å²) in [5.74, 6) is -1.57. The lowest BCUT2D eigenvalue weighted by molar-refractivity contribution is -0.198. The van der Waals surface area contributed by atoms with Gasteiger partial charge in [-0.25, -0.2) is 0 Å². The summed E-state index contributed by atoms with van der Waals surface area (Å²) in [6, 6.07) is 2.11. The predicted molar refractivity (Wildman–Crippen MR) is 63.9 cm³/mol. The number of halogens is 3. The maximum Gasteiger partial charge on any atom is 0.393 e. The SMILES string of the molecule is Cc1cccn(C2CC(O)CCC2C(F)(F)F)c1=O. The Balaban J connectivity index is 2.43. The Labute approximate surface area is 108 Å². The van der Waals surface area contributed by atoms with Crippen molar-refractivity contribution in [3.63, 3.8) is 0 Å². The van der Waals surface area contributed by atoms with E-state index in [0.29, 0.717) is 5.56 Å².